The number of benzene rings is 3. The summed E-state index contributed by atoms with van der Waals surface area (Å²) in [5.41, 5.74) is 3.42. The number of nitrogens with zero attached hydrogens (tertiary/aromatic N) is 2. The minimum atomic E-state index is -1.68. The van der Waals surface area contributed by atoms with Crippen LogP contribution in [0.15, 0.2) is 36.4 Å². The van der Waals surface area contributed by atoms with E-state index in [-0.39, 0.29) is 40.0 Å². The number of carboxylic acid groups (broad SMARTS) is 2. The first-order valence-electron chi connectivity index (χ1n) is 12.3. The van der Waals surface area contributed by atoms with Gasteiger partial charge in [0.1, 0.15) is 12.4 Å². The number of aromatic nitrogens is 2. The molecule has 0 amide bonds. The third kappa shape index (κ3) is 5.16. The van der Waals surface area contributed by atoms with E-state index in [1.807, 2.05) is 31.5 Å². The topological polar surface area (TPSA) is 102 Å². The highest BCUT2D eigenvalue weighted by molar-refractivity contribution is 5.95. The summed E-state index contributed by atoms with van der Waals surface area (Å²) in [5, 5.41) is 23.4. The zero-order chi connectivity index (χ0) is 29.5. The molecule has 7 nitrogen and oxygen atoms in total. The van der Waals surface area contributed by atoms with Gasteiger partial charge >= 0.3 is 11.9 Å². The summed E-state index contributed by atoms with van der Waals surface area (Å²) < 4.78 is 51.9. The Hall–Kier alpha value is -4.60. The number of carbonyl (C=O) groups is 2. The Morgan fingerprint density at radius 1 is 0.850 bits per heavy atom. The molecule has 0 aliphatic carbocycles. The van der Waals surface area contributed by atoms with E-state index in [1.54, 1.807) is 19.1 Å². The number of ether oxygens (including phenoxy) is 1. The van der Waals surface area contributed by atoms with Crippen LogP contribution in [0.1, 0.15) is 65.5 Å². The van der Waals surface area contributed by atoms with E-state index in [9.17, 15) is 28.6 Å². The lowest BCUT2D eigenvalue weighted by molar-refractivity contribution is 0.0695. The third-order valence-electron chi connectivity index (χ3n) is 7.18. The summed E-state index contributed by atoms with van der Waals surface area (Å²) >= 11 is 0. The smallest absolute Gasteiger partial charge is 0.336 e. The predicted molar refractivity (Wildman–Crippen MR) is 141 cm³/mol. The second kappa shape index (κ2) is 10.9. The summed E-state index contributed by atoms with van der Waals surface area (Å²) in [5.74, 6) is -6.87. The molecule has 4 rings (SSSR count). The van der Waals surface area contributed by atoms with Crippen LogP contribution in [-0.2, 0) is 13.0 Å². The standard InChI is InChI=1S/C30H27F3N2O5/c1-14-10-21(35-18(5)15(2)17(4)34-35)8-9-25(14)40-13-24-16(3)26(31)28(33)27(32)23(24)11-19-6-7-20(29(36)37)12-22(19)30(38)39/h6-10,12H,11,13H2,1-5H3,(H,36,37)(H,38,39). The number of carboxylic acids is 2. The molecule has 0 aliphatic heterocycles. The Bertz CT molecular complexity index is 1680. The highest BCUT2D eigenvalue weighted by Crippen LogP contribution is 2.31. The zero-order valence-corrected chi connectivity index (χ0v) is 22.5. The number of rotatable bonds is 8. The average molecular weight is 553 g/mol. The summed E-state index contributed by atoms with van der Waals surface area (Å²) in [6.07, 6.45) is -0.431. The van der Waals surface area contributed by atoms with Crippen LogP contribution in [0.25, 0.3) is 5.69 Å². The first-order chi connectivity index (χ1) is 18.8. The zero-order valence-electron chi connectivity index (χ0n) is 22.5. The number of hydrogen-bond donors (Lipinski definition) is 2. The van der Waals surface area contributed by atoms with E-state index in [2.05, 4.69) is 5.10 Å². The van der Waals surface area contributed by atoms with Crippen molar-refractivity contribution in [3.63, 3.8) is 0 Å². The van der Waals surface area contributed by atoms with Crippen molar-refractivity contribution in [1.29, 1.82) is 0 Å². The maximum Gasteiger partial charge on any atom is 0.336 e. The molecule has 0 atom stereocenters. The molecule has 0 saturated heterocycles. The van der Waals surface area contributed by atoms with Crippen molar-refractivity contribution >= 4 is 11.9 Å². The molecule has 4 aromatic rings. The van der Waals surface area contributed by atoms with Gasteiger partial charge in [0.25, 0.3) is 0 Å². The summed E-state index contributed by atoms with van der Waals surface area (Å²) in [7, 11) is 0. The maximum absolute atomic E-state index is 15.1. The van der Waals surface area contributed by atoms with Crippen molar-refractivity contribution in [2.24, 2.45) is 0 Å². The molecule has 0 spiro atoms. The molecular formula is C30H27F3N2O5. The Labute approximate surface area is 228 Å². The quantitative estimate of drug-likeness (QED) is 0.246. The van der Waals surface area contributed by atoms with Crippen molar-refractivity contribution < 1.29 is 37.7 Å². The van der Waals surface area contributed by atoms with Crippen molar-refractivity contribution in [3.05, 3.63) is 110 Å². The Kier molecular flexibility index (Phi) is 7.72. The summed E-state index contributed by atoms with van der Waals surface area (Å²) in [6, 6.07) is 8.68. The molecule has 2 N–H and O–H groups in total. The number of halogens is 3. The number of aryl methyl sites for hydroxylation is 2. The van der Waals surface area contributed by atoms with Crippen molar-refractivity contribution in [2.75, 3.05) is 0 Å². The van der Waals surface area contributed by atoms with E-state index in [4.69, 9.17) is 4.74 Å². The molecule has 0 fully saturated rings. The number of aromatic carboxylic acids is 2. The van der Waals surface area contributed by atoms with Gasteiger partial charge in [-0.1, -0.05) is 6.07 Å². The maximum atomic E-state index is 15.1. The molecule has 1 aromatic heterocycles. The fourth-order valence-corrected chi connectivity index (χ4v) is 4.57. The van der Waals surface area contributed by atoms with E-state index in [0.717, 1.165) is 34.3 Å². The van der Waals surface area contributed by atoms with Gasteiger partial charge in [0.15, 0.2) is 17.5 Å². The molecule has 0 bridgehead atoms. The highest BCUT2D eigenvalue weighted by Gasteiger charge is 2.25. The third-order valence-corrected chi connectivity index (χ3v) is 7.18. The van der Waals surface area contributed by atoms with Gasteiger partial charge in [-0.05, 0) is 87.2 Å². The molecule has 1 heterocycles. The van der Waals surface area contributed by atoms with Gasteiger partial charge in [-0.3, -0.25) is 0 Å². The van der Waals surface area contributed by atoms with Gasteiger partial charge in [-0.25, -0.2) is 27.4 Å². The van der Waals surface area contributed by atoms with Crippen LogP contribution in [0.4, 0.5) is 13.2 Å². The SMILES string of the molecule is Cc1cc(-n2nc(C)c(C)c2C)ccc1OCc1c(C)c(F)c(F)c(F)c1Cc1ccc(C(=O)O)cc1C(=O)O. The van der Waals surface area contributed by atoms with Crippen molar-refractivity contribution in [1.82, 2.24) is 9.78 Å². The van der Waals surface area contributed by atoms with Crippen LogP contribution in [0, 0.1) is 52.1 Å². The van der Waals surface area contributed by atoms with Crippen molar-refractivity contribution in [2.45, 2.75) is 47.6 Å². The van der Waals surface area contributed by atoms with E-state index < -0.39 is 35.8 Å². The number of hydrogen-bond acceptors (Lipinski definition) is 4. The monoisotopic (exact) mass is 552 g/mol. The lowest BCUT2D eigenvalue weighted by Gasteiger charge is -2.18. The minimum absolute atomic E-state index is 0.0210. The van der Waals surface area contributed by atoms with Gasteiger partial charge in [-0.2, -0.15) is 5.10 Å². The molecule has 208 valence electrons. The summed E-state index contributed by atoms with van der Waals surface area (Å²) in [4.78, 5) is 23.1. The molecule has 40 heavy (non-hydrogen) atoms. The lowest BCUT2D eigenvalue weighted by atomic mass is 9.92. The van der Waals surface area contributed by atoms with E-state index in [0.29, 0.717) is 5.75 Å². The van der Waals surface area contributed by atoms with Crippen LogP contribution < -0.4 is 4.74 Å². The molecule has 0 unspecified atom stereocenters. The van der Waals surface area contributed by atoms with Crippen LogP contribution in [0.5, 0.6) is 5.75 Å². The normalized spacial score (nSPS) is 11.1. The highest BCUT2D eigenvalue weighted by atomic mass is 19.2. The van der Waals surface area contributed by atoms with Gasteiger partial charge in [0.2, 0.25) is 0 Å². The van der Waals surface area contributed by atoms with Crippen LogP contribution in [0.2, 0.25) is 0 Å². The van der Waals surface area contributed by atoms with Crippen LogP contribution in [-0.4, -0.2) is 31.9 Å². The lowest BCUT2D eigenvalue weighted by Crippen LogP contribution is -2.13. The average Bonchev–Trinajstić information content (AvgIpc) is 3.17. The molecule has 3 aromatic carbocycles. The second-order valence-corrected chi connectivity index (χ2v) is 9.63. The minimum Gasteiger partial charge on any atom is -0.489 e. The van der Waals surface area contributed by atoms with Crippen LogP contribution in [0.3, 0.4) is 0 Å². The Morgan fingerprint density at radius 3 is 2.12 bits per heavy atom. The largest absolute Gasteiger partial charge is 0.489 e. The predicted octanol–water partition coefficient (Wildman–Crippen LogP) is 6.40. The fraction of sp³-hybridized carbons (Fsp3) is 0.233. The molecule has 0 radical (unpaired) electrons. The molecular weight excluding hydrogens is 525 g/mol. The Balaban J connectivity index is 1.71. The fourth-order valence-electron chi connectivity index (χ4n) is 4.57. The van der Waals surface area contributed by atoms with Gasteiger partial charge in [0, 0.05) is 23.2 Å². The van der Waals surface area contributed by atoms with E-state index in [1.165, 1.54) is 19.1 Å². The first-order valence-corrected chi connectivity index (χ1v) is 12.3. The van der Waals surface area contributed by atoms with Gasteiger partial charge in [0.05, 0.1) is 22.5 Å². The Morgan fingerprint density at radius 2 is 1.55 bits per heavy atom. The molecule has 10 heteroatoms. The van der Waals surface area contributed by atoms with E-state index >= 15 is 4.39 Å². The first kappa shape index (κ1) is 28.4. The van der Waals surface area contributed by atoms with Gasteiger partial charge in [-0.15, -0.1) is 0 Å². The molecule has 0 aliphatic rings. The molecule has 0 saturated carbocycles. The summed E-state index contributed by atoms with van der Waals surface area (Å²) in [6.45, 7) is 8.63. The van der Waals surface area contributed by atoms with Crippen LogP contribution >= 0.6 is 0 Å². The van der Waals surface area contributed by atoms with Gasteiger partial charge < -0.3 is 14.9 Å². The van der Waals surface area contributed by atoms with Crippen molar-refractivity contribution in [3.8, 4) is 11.4 Å². The second-order valence-electron chi connectivity index (χ2n) is 9.63.